The number of nitrogens with zero attached hydrogens (tertiary/aromatic N) is 1. The quantitative estimate of drug-likeness (QED) is 0.479. The van der Waals surface area contributed by atoms with Gasteiger partial charge in [0.15, 0.2) is 0 Å². The number of rotatable bonds is 8. The van der Waals surface area contributed by atoms with Crippen molar-refractivity contribution < 1.29 is 37.7 Å². The summed E-state index contributed by atoms with van der Waals surface area (Å²) in [6, 6.07) is 10.5. The maximum absolute atomic E-state index is 14.5. The molecule has 2 N–H and O–H groups in total. The Kier molecular flexibility index (Phi) is 8.52. The second kappa shape index (κ2) is 11.3. The van der Waals surface area contributed by atoms with Crippen molar-refractivity contribution in [1.82, 2.24) is 4.90 Å². The molecule has 1 saturated heterocycles. The van der Waals surface area contributed by atoms with Crippen LogP contribution in [0.5, 0.6) is 0 Å². The fraction of sp³-hybridized carbons (Fsp3) is 0.552. The van der Waals surface area contributed by atoms with Gasteiger partial charge in [0, 0.05) is 44.1 Å². The van der Waals surface area contributed by atoms with Crippen LogP contribution in [0.25, 0.3) is 0 Å². The highest BCUT2D eigenvalue weighted by Crippen LogP contribution is 2.46. The molecule has 2 heterocycles. The predicted octanol–water partition coefficient (Wildman–Crippen LogP) is 4.65. The topological polar surface area (TPSA) is 79.2 Å². The van der Waals surface area contributed by atoms with E-state index in [1.165, 1.54) is 24.3 Å². The van der Waals surface area contributed by atoms with Gasteiger partial charge in [-0.3, -0.25) is 4.90 Å². The number of esters is 1. The number of alkyl halides is 3. The van der Waals surface area contributed by atoms with Crippen LogP contribution in [0.2, 0.25) is 0 Å². The fourth-order valence-corrected chi connectivity index (χ4v) is 6.11. The molecule has 2 aliphatic rings. The number of halogens is 3. The highest BCUT2D eigenvalue weighted by molar-refractivity contribution is 5.83. The monoisotopic (exact) mass is 535 g/mol. The van der Waals surface area contributed by atoms with Crippen LogP contribution >= 0.6 is 0 Å². The van der Waals surface area contributed by atoms with E-state index in [-0.39, 0.29) is 36.7 Å². The number of aliphatic hydroxyl groups excluding tert-OH is 2. The third kappa shape index (κ3) is 5.21. The first-order valence-electron chi connectivity index (χ1n) is 13.0. The van der Waals surface area contributed by atoms with Gasteiger partial charge in [-0.2, -0.15) is 13.2 Å². The Bertz CT molecular complexity index is 1120. The summed E-state index contributed by atoms with van der Waals surface area (Å²) in [5.41, 5.74) is -0.299. The summed E-state index contributed by atoms with van der Waals surface area (Å²) in [6.07, 6.45) is -4.02. The minimum atomic E-state index is -5.04. The summed E-state index contributed by atoms with van der Waals surface area (Å²) in [4.78, 5) is 15.8. The first-order valence-corrected chi connectivity index (χ1v) is 13.0. The van der Waals surface area contributed by atoms with E-state index in [0.717, 1.165) is 31.2 Å². The number of hydrogen-bond acceptors (Lipinski definition) is 6. The van der Waals surface area contributed by atoms with Crippen LogP contribution < -0.4 is 0 Å². The number of ether oxygens (including phenoxy) is 2. The van der Waals surface area contributed by atoms with Crippen molar-refractivity contribution in [3.63, 3.8) is 0 Å². The summed E-state index contributed by atoms with van der Waals surface area (Å²) in [6.45, 7) is 4.99. The van der Waals surface area contributed by atoms with Gasteiger partial charge >= 0.3 is 12.1 Å². The molecule has 0 amide bonds. The van der Waals surface area contributed by atoms with Gasteiger partial charge in [-0.25, -0.2) is 4.79 Å². The van der Waals surface area contributed by atoms with Crippen molar-refractivity contribution in [3.05, 3.63) is 70.3 Å². The number of carbonyl (C=O) groups excluding carboxylic acids is 1. The van der Waals surface area contributed by atoms with E-state index >= 15 is 0 Å². The van der Waals surface area contributed by atoms with Crippen LogP contribution in [0, 0.1) is 11.8 Å². The molecule has 9 heteroatoms. The summed E-state index contributed by atoms with van der Waals surface area (Å²) in [7, 11) is 0.877. The minimum absolute atomic E-state index is 0.149. The van der Waals surface area contributed by atoms with E-state index in [0.29, 0.717) is 30.5 Å². The van der Waals surface area contributed by atoms with Crippen LogP contribution in [0.4, 0.5) is 13.2 Å². The highest BCUT2D eigenvalue weighted by atomic mass is 19.4. The zero-order valence-corrected chi connectivity index (χ0v) is 22.0. The number of piperidine rings is 1. The largest absolute Gasteiger partial charge is 0.459 e. The summed E-state index contributed by atoms with van der Waals surface area (Å²) >= 11 is 0. The van der Waals surface area contributed by atoms with E-state index in [4.69, 9.17) is 9.47 Å². The maximum atomic E-state index is 14.5. The second-order valence-corrected chi connectivity index (χ2v) is 10.7. The molecule has 38 heavy (non-hydrogen) atoms. The molecule has 4 atom stereocenters. The first kappa shape index (κ1) is 28.5. The third-order valence-electron chi connectivity index (χ3n) is 7.93. The SMILES string of the molecule is COC(C(=O)O[C@@H]1C[C@H]2c3cc(CO)c(CO)cc3CCN2C[C@H]1CC(C)C)(c1ccccc1)C(F)(F)F. The number of fused-ring (bicyclic) bond motifs is 3. The Hall–Kier alpha value is -2.46. The summed E-state index contributed by atoms with van der Waals surface area (Å²) in [5, 5.41) is 19.6. The molecule has 2 aliphatic heterocycles. The van der Waals surface area contributed by atoms with Gasteiger partial charge in [0.1, 0.15) is 6.10 Å². The molecular weight excluding hydrogens is 499 g/mol. The lowest BCUT2D eigenvalue weighted by molar-refractivity contribution is -0.280. The van der Waals surface area contributed by atoms with Gasteiger partial charge in [0.25, 0.3) is 5.60 Å². The van der Waals surface area contributed by atoms with Gasteiger partial charge in [-0.1, -0.05) is 56.3 Å². The molecule has 0 aromatic heterocycles. The number of hydrogen-bond donors (Lipinski definition) is 2. The van der Waals surface area contributed by atoms with Crippen LogP contribution in [0.15, 0.2) is 42.5 Å². The van der Waals surface area contributed by atoms with Gasteiger partial charge in [-0.05, 0) is 41.0 Å². The lowest BCUT2D eigenvalue weighted by atomic mass is 9.78. The van der Waals surface area contributed by atoms with E-state index in [2.05, 4.69) is 4.90 Å². The van der Waals surface area contributed by atoms with Crippen LogP contribution in [0.3, 0.4) is 0 Å². The van der Waals surface area contributed by atoms with Crippen LogP contribution in [-0.4, -0.2) is 53.6 Å². The van der Waals surface area contributed by atoms with E-state index in [1.807, 2.05) is 26.0 Å². The summed E-state index contributed by atoms with van der Waals surface area (Å²) < 4.78 is 54.3. The van der Waals surface area contributed by atoms with Crippen molar-refractivity contribution in [2.75, 3.05) is 20.2 Å². The van der Waals surface area contributed by atoms with Crippen molar-refractivity contribution in [3.8, 4) is 0 Å². The second-order valence-electron chi connectivity index (χ2n) is 10.7. The van der Waals surface area contributed by atoms with E-state index in [1.54, 1.807) is 6.07 Å². The molecule has 208 valence electrons. The fourth-order valence-electron chi connectivity index (χ4n) is 6.11. The van der Waals surface area contributed by atoms with Crippen molar-refractivity contribution >= 4 is 5.97 Å². The number of carbonyl (C=O) groups is 1. The minimum Gasteiger partial charge on any atom is -0.459 e. The van der Waals surface area contributed by atoms with Gasteiger partial charge in [0.2, 0.25) is 0 Å². The maximum Gasteiger partial charge on any atom is 0.432 e. The molecule has 2 aromatic carbocycles. The van der Waals surface area contributed by atoms with Crippen molar-refractivity contribution in [1.29, 1.82) is 0 Å². The zero-order valence-electron chi connectivity index (χ0n) is 22.0. The van der Waals surface area contributed by atoms with Crippen LogP contribution in [-0.2, 0) is 39.5 Å². The normalized spacial score (nSPS) is 23.4. The van der Waals surface area contributed by atoms with Gasteiger partial charge in [0.05, 0.1) is 13.2 Å². The molecular formula is C29H36F3NO5. The Morgan fingerprint density at radius 3 is 2.34 bits per heavy atom. The summed E-state index contributed by atoms with van der Waals surface area (Å²) in [5.74, 6) is -1.36. The lowest BCUT2D eigenvalue weighted by Gasteiger charge is -2.48. The molecule has 0 saturated carbocycles. The average molecular weight is 536 g/mol. The van der Waals surface area contributed by atoms with Crippen molar-refractivity contribution in [2.24, 2.45) is 11.8 Å². The van der Waals surface area contributed by atoms with Crippen molar-refractivity contribution in [2.45, 2.75) is 70.2 Å². The number of methoxy groups -OCH3 is 1. The molecule has 0 bridgehead atoms. The number of benzene rings is 2. The first-order chi connectivity index (χ1) is 18.0. The molecule has 1 fully saturated rings. The molecule has 2 aromatic rings. The van der Waals surface area contributed by atoms with Crippen LogP contribution in [0.1, 0.15) is 60.5 Å². The standard InChI is InChI=1S/C29H36F3NO5/c1-18(2)11-20-15-33-10-9-19-12-21(16-34)22(17-35)13-24(19)25(33)14-26(20)38-27(36)28(37-3,29(30,31)32)23-7-5-4-6-8-23/h4-8,12-13,18,20,25-26,34-35H,9-11,14-17H2,1-3H3/t20-,25+,26-,28?/m1/s1. The molecule has 4 rings (SSSR count). The number of aliphatic hydroxyl groups is 2. The Balaban J connectivity index is 1.70. The van der Waals surface area contributed by atoms with E-state index < -0.39 is 23.9 Å². The molecule has 0 spiro atoms. The Morgan fingerprint density at radius 1 is 1.11 bits per heavy atom. The zero-order chi connectivity index (χ0) is 27.7. The Morgan fingerprint density at radius 2 is 1.76 bits per heavy atom. The average Bonchev–Trinajstić information content (AvgIpc) is 2.88. The third-order valence-corrected chi connectivity index (χ3v) is 7.93. The lowest BCUT2D eigenvalue weighted by Crippen LogP contribution is -2.55. The van der Waals surface area contributed by atoms with Gasteiger partial charge in [-0.15, -0.1) is 0 Å². The molecule has 0 aliphatic carbocycles. The van der Waals surface area contributed by atoms with Gasteiger partial charge < -0.3 is 19.7 Å². The predicted molar refractivity (Wildman–Crippen MR) is 135 cm³/mol. The smallest absolute Gasteiger partial charge is 0.432 e. The highest BCUT2D eigenvalue weighted by Gasteiger charge is 2.64. The van der Waals surface area contributed by atoms with E-state index in [9.17, 15) is 28.2 Å². The molecule has 0 radical (unpaired) electrons. The Labute approximate surface area is 221 Å². The molecule has 6 nitrogen and oxygen atoms in total. The molecule has 1 unspecified atom stereocenters.